The van der Waals surface area contributed by atoms with Crippen LogP contribution in [0.15, 0.2) is 36.4 Å². The van der Waals surface area contributed by atoms with Gasteiger partial charge in [0.2, 0.25) is 11.8 Å². The molecule has 0 spiro atoms. The molecule has 2 fully saturated rings. The number of pyridine rings is 1. The molecule has 34 heavy (non-hydrogen) atoms. The molecule has 2 aromatic rings. The molecule has 3 amide bonds. The van der Waals surface area contributed by atoms with E-state index in [0.29, 0.717) is 36.2 Å². The normalized spacial score (nSPS) is 22.5. The maximum absolute atomic E-state index is 12.9. The van der Waals surface area contributed by atoms with E-state index in [1.807, 2.05) is 24.3 Å². The van der Waals surface area contributed by atoms with Gasteiger partial charge in [-0.2, -0.15) is 0 Å². The fraction of sp³-hybridized carbons (Fsp3) is 0.440. The summed E-state index contributed by atoms with van der Waals surface area (Å²) in [7, 11) is 1.65. The molecular weight excluding hydrogens is 436 g/mol. The lowest BCUT2D eigenvalue weighted by atomic mass is 9.87. The van der Waals surface area contributed by atoms with Crippen molar-refractivity contribution < 1.29 is 24.2 Å². The highest BCUT2D eigenvalue weighted by atomic mass is 16.5. The van der Waals surface area contributed by atoms with E-state index in [0.717, 1.165) is 25.4 Å². The van der Waals surface area contributed by atoms with Crippen LogP contribution in [-0.4, -0.2) is 63.9 Å². The number of methoxy groups -OCH3 is 1. The summed E-state index contributed by atoms with van der Waals surface area (Å²) in [5.74, 6) is -0.189. The number of aliphatic hydroxyl groups is 1. The first-order valence-corrected chi connectivity index (χ1v) is 11.6. The number of ether oxygens (including phenoxy) is 1. The lowest BCUT2D eigenvalue weighted by Crippen LogP contribution is -2.52. The number of rotatable bonds is 5. The second kappa shape index (κ2) is 8.81. The van der Waals surface area contributed by atoms with Crippen LogP contribution in [0.2, 0.25) is 0 Å². The van der Waals surface area contributed by atoms with Crippen molar-refractivity contribution >= 4 is 17.7 Å². The summed E-state index contributed by atoms with van der Waals surface area (Å²) in [6.45, 7) is 2.45. The molecule has 1 aromatic heterocycles. The van der Waals surface area contributed by atoms with Crippen LogP contribution >= 0.6 is 0 Å². The number of likely N-dealkylation sites (tertiary alicyclic amines) is 1. The van der Waals surface area contributed by atoms with Crippen molar-refractivity contribution in [2.45, 2.75) is 50.4 Å². The molecule has 1 aromatic carbocycles. The Hall–Kier alpha value is -3.30. The minimum Gasteiger partial charge on any atom is -0.497 e. The van der Waals surface area contributed by atoms with Crippen molar-refractivity contribution in [3.05, 3.63) is 58.9 Å². The van der Waals surface area contributed by atoms with Gasteiger partial charge in [0.15, 0.2) is 0 Å². The number of hydrogen-bond donors (Lipinski definition) is 2. The number of carbonyl (C=O) groups excluding carboxylic acids is 3. The second-order valence-electron chi connectivity index (χ2n) is 9.25. The van der Waals surface area contributed by atoms with E-state index in [2.05, 4.69) is 15.2 Å². The summed E-state index contributed by atoms with van der Waals surface area (Å²) >= 11 is 0. The standard InChI is InChI=1S/C25H28N4O5/c1-34-17-4-2-16(3-5-17)14-28-12-10-25(33,11-13-28)21-8-6-18-19(26-21)15-29(24(18)32)20-7-9-22(30)27-23(20)31/h2-6,8,20,33H,7,9-15H2,1H3,(H,27,30,31). The monoisotopic (exact) mass is 464 g/mol. The molecular formula is C25H28N4O5. The van der Waals surface area contributed by atoms with Crippen LogP contribution in [0.4, 0.5) is 0 Å². The van der Waals surface area contributed by atoms with Gasteiger partial charge in [-0.05, 0) is 49.1 Å². The van der Waals surface area contributed by atoms with Gasteiger partial charge in [-0.15, -0.1) is 0 Å². The Kier molecular flexibility index (Phi) is 5.83. The maximum atomic E-state index is 12.9. The first-order valence-electron chi connectivity index (χ1n) is 11.6. The van der Waals surface area contributed by atoms with Crippen molar-refractivity contribution in [1.29, 1.82) is 0 Å². The van der Waals surface area contributed by atoms with Gasteiger partial charge >= 0.3 is 0 Å². The van der Waals surface area contributed by atoms with Crippen LogP contribution in [0.1, 0.15) is 53.0 Å². The smallest absolute Gasteiger partial charge is 0.256 e. The summed E-state index contributed by atoms with van der Waals surface area (Å²) in [6, 6.07) is 10.7. The largest absolute Gasteiger partial charge is 0.497 e. The third kappa shape index (κ3) is 4.17. The zero-order valence-electron chi connectivity index (χ0n) is 19.1. The molecule has 0 bridgehead atoms. The zero-order chi connectivity index (χ0) is 23.9. The Labute approximate surface area is 197 Å². The SMILES string of the molecule is COc1ccc(CN2CCC(O)(c3ccc4c(n3)CN(C3CCC(=O)NC3=O)C4=O)CC2)cc1. The molecule has 2 saturated heterocycles. The minimum absolute atomic E-state index is 0.202. The topological polar surface area (TPSA) is 112 Å². The number of carbonyl (C=O) groups is 3. The Morgan fingerprint density at radius 1 is 1.12 bits per heavy atom. The number of nitrogens with zero attached hydrogens (tertiary/aromatic N) is 3. The Balaban J connectivity index is 1.25. The van der Waals surface area contributed by atoms with E-state index < -0.39 is 17.6 Å². The summed E-state index contributed by atoms with van der Waals surface area (Å²) in [5, 5.41) is 13.7. The van der Waals surface area contributed by atoms with Crippen molar-refractivity contribution in [3.63, 3.8) is 0 Å². The van der Waals surface area contributed by atoms with Gasteiger partial charge in [0, 0.05) is 26.1 Å². The lowest BCUT2D eigenvalue weighted by Gasteiger charge is -2.38. The summed E-state index contributed by atoms with van der Waals surface area (Å²) in [6.07, 6.45) is 1.60. The number of imide groups is 1. The third-order valence-electron chi connectivity index (χ3n) is 7.10. The van der Waals surface area contributed by atoms with Gasteiger partial charge in [-0.25, -0.2) is 0 Å². The van der Waals surface area contributed by atoms with E-state index >= 15 is 0 Å². The predicted octanol–water partition coefficient (Wildman–Crippen LogP) is 1.33. The lowest BCUT2D eigenvalue weighted by molar-refractivity contribution is -0.136. The average Bonchev–Trinajstić information content (AvgIpc) is 3.17. The third-order valence-corrected chi connectivity index (χ3v) is 7.10. The second-order valence-corrected chi connectivity index (χ2v) is 9.25. The summed E-state index contributed by atoms with van der Waals surface area (Å²) < 4.78 is 5.21. The minimum atomic E-state index is -1.06. The van der Waals surface area contributed by atoms with Gasteiger partial charge in [0.1, 0.15) is 17.4 Å². The van der Waals surface area contributed by atoms with Crippen LogP contribution in [0.5, 0.6) is 5.75 Å². The predicted molar refractivity (Wildman–Crippen MR) is 122 cm³/mol. The maximum Gasteiger partial charge on any atom is 0.256 e. The molecule has 1 unspecified atom stereocenters. The van der Waals surface area contributed by atoms with Gasteiger partial charge in [0.25, 0.3) is 5.91 Å². The number of fused-ring (bicyclic) bond motifs is 1. The first-order chi connectivity index (χ1) is 16.4. The van der Waals surface area contributed by atoms with Crippen molar-refractivity contribution in [2.24, 2.45) is 0 Å². The van der Waals surface area contributed by atoms with Crippen LogP contribution < -0.4 is 10.1 Å². The fourth-order valence-electron chi connectivity index (χ4n) is 5.02. The Bertz CT molecular complexity index is 1120. The highest BCUT2D eigenvalue weighted by molar-refractivity contribution is 6.05. The fourth-order valence-corrected chi connectivity index (χ4v) is 5.02. The van der Waals surface area contributed by atoms with E-state index in [1.165, 1.54) is 10.5 Å². The Morgan fingerprint density at radius 2 is 1.85 bits per heavy atom. The number of aromatic nitrogens is 1. The number of benzene rings is 1. The number of nitrogens with one attached hydrogen (secondary N) is 1. The van der Waals surface area contributed by atoms with Crippen molar-refractivity contribution in [3.8, 4) is 5.75 Å². The van der Waals surface area contributed by atoms with E-state index in [9.17, 15) is 19.5 Å². The molecule has 5 rings (SSSR count). The quantitative estimate of drug-likeness (QED) is 0.642. The van der Waals surface area contributed by atoms with Crippen molar-refractivity contribution in [2.75, 3.05) is 20.2 Å². The zero-order valence-corrected chi connectivity index (χ0v) is 19.1. The van der Waals surface area contributed by atoms with Crippen molar-refractivity contribution in [1.82, 2.24) is 20.1 Å². The summed E-state index contributed by atoms with van der Waals surface area (Å²) in [5.41, 5.74) is 1.72. The highest BCUT2D eigenvalue weighted by Gasteiger charge is 2.41. The summed E-state index contributed by atoms with van der Waals surface area (Å²) in [4.78, 5) is 45.0. The Morgan fingerprint density at radius 3 is 2.53 bits per heavy atom. The molecule has 178 valence electrons. The highest BCUT2D eigenvalue weighted by Crippen LogP contribution is 2.35. The average molecular weight is 465 g/mol. The van der Waals surface area contributed by atoms with Gasteiger partial charge < -0.3 is 14.7 Å². The molecule has 3 aliphatic rings. The molecule has 9 nitrogen and oxygen atoms in total. The molecule has 1 atom stereocenters. The van der Waals surface area contributed by atoms with Gasteiger partial charge in [-0.1, -0.05) is 12.1 Å². The van der Waals surface area contributed by atoms with E-state index in [4.69, 9.17) is 4.74 Å². The van der Waals surface area contributed by atoms with E-state index in [-0.39, 0.29) is 24.8 Å². The molecule has 4 heterocycles. The first kappa shape index (κ1) is 22.5. The number of hydrogen-bond acceptors (Lipinski definition) is 7. The van der Waals surface area contributed by atoms with Crippen LogP contribution in [0.25, 0.3) is 0 Å². The van der Waals surface area contributed by atoms with Gasteiger partial charge in [-0.3, -0.25) is 29.6 Å². The molecule has 3 aliphatic heterocycles. The van der Waals surface area contributed by atoms with Crippen LogP contribution in [0, 0.1) is 0 Å². The van der Waals surface area contributed by atoms with Gasteiger partial charge in [0.05, 0.1) is 30.6 Å². The number of amides is 3. The molecule has 0 aliphatic carbocycles. The molecule has 9 heteroatoms. The number of piperidine rings is 2. The molecule has 0 saturated carbocycles. The molecule has 2 N–H and O–H groups in total. The van der Waals surface area contributed by atoms with Crippen LogP contribution in [0.3, 0.4) is 0 Å². The molecule has 0 radical (unpaired) electrons. The van der Waals surface area contributed by atoms with Crippen LogP contribution in [-0.2, 0) is 28.3 Å². The van der Waals surface area contributed by atoms with E-state index in [1.54, 1.807) is 19.2 Å².